The molecule has 0 aliphatic heterocycles. The van der Waals surface area contributed by atoms with Gasteiger partial charge >= 0.3 is 0 Å². The van der Waals surface area contributed by atoms with Crippen molar-refractivity contribution in [1.82, 2.24) is 20.2 Å². The topological polar surface area (TPSA) is 90.3 Å². The van der Waals surface area contributed by atoms with Crippen LogP contribution in [0.4, 0.5) is 5.69 Å². The Hall–Kier alpha value is -4.24. The first-order valence-corrected chi connectivity index (χ1v) is 9.72. The summed E-state index contributed by atoms with van der Waals surface area (Å²) in [4.78, 5) is 8.60. The predicted octanol–water partition coefficient (Wildman–Crippen LogP) is 4.70. The Balaban J connectivity index is 1.55. The molecule has 6 heteroatoms. The zero-order chi connectivity index (χ0) is 20.3. The molecule has 144 valence electrons. The zero-order valence-electron chi connectivity index (χ0n) is 16.1. The SMILES string of the molecule is N#Cc1cnc2ccc(-c3n[nH]c4cnccc34)cc2c1NCCc1ccccc1. The van der Waals surface area contributed by atoms with Crippen LogP contribution in [0.5, 0.6) is 0 Å². The summed E-state index contributed by atoms with van der Waals surface area (Å²) >= 11 is 0. The number of nitrogens with zero attached hydrogens (tertiary/aromatic N) is 4. The smallest absolute Gasteiger partial charge is 0.103 e. The summed E-state index contributed by atoms with van der Waals surface area (Å²) in [5.74, 6) is 0. The first-order valence-electron chi connectivity index (χ1n) is 9.72. The van der Waals surface area contributed by atoms with Crippen molar-refractivity contribution in [2.45, 2.75) is 6.42 Å². The lowest BCUT2D eigenvalue weighted by atomic mass is 10.0. The first kappa shape index (κ1) is 17.8. The summed E-state index contributed by atoms with van der Waals surface area (Å²) in [5, 5.41) is 22.5. The van der Waals surface area contributed by atoms with Crippen LogP contribution in [0, 0.1) is 11.3 Å². The normalized spacial score (nSPS) is 10.9. The fourth-order valence-electron chi connectivity index (χ4n) is 3.68. The molecule has 0 bridgehead atoms. The molecule has 0 aliphatic rings. The summed E-state index contributed by atoms with van der Waals surface area (Å²) in [6.45, 7) is 0.721. The van der Waals surface area contributed by atoms with E-state index in [4.69, 9.17) is 0 Å². The number of aromatic amines is 1. The van der Waals surface area contributed by atoms with E-state index in [1.807, 2.05) is 42.5 Å². The maximum atomic E-state index is 9.63. The Labute approximate surface area is 173 Å². The van der Waals surface area contributed by atoms with Gasteiger partial charge in [0.2, 0.25) is 0 Å². The molecule has 0 aliphatic carbocycles. The average Bonchev–Trinajstić information content (AvgIpc) is 3.24. The lowest BCUT2D eigenvalue weighted by Crippen LogP contribution is -2.07. The van der Waals surface area contributed by atoms with Gasteiger partial charge in [-0.3, -0.25) is 15.1 Å². The van der Waals surface area contributed by atoms with Gasteiger partial charge in [-0.05, 0) is 30.2 Å². The fraction of sp³-hybridized carbons (Fsp3) is 0.0833. The van der Waals surface area contributed by atoms with Gasteiger partial charge < -0.3 is 5.32 Å². The molecule has 30 heavy (non-hydrogen) atoms. The van der Waals surface area contributed by atoms with Crippen LogP contribution in [0.1, 0.15) is 11.1 Å². The standard InChI is InChI=1S/C24H18N6/c25-13-18-14-28-21-7-6-17(24-19-9-10-26-15-22(19)29-30-24)12-20(21)23(18)27-11-8-16-4-2-1-3-5-16/h1-7,9-10,12,14-15H,8,11H2,(H,27,28)(H,29,30). The van der Waals surface area contributed by atoms with Crippen LogP contribution in [0.25, 0.3) is 33.1 Å². The van der Waals surface area contributed by atoms with Gasteiger partial charge in [-0.25, -0.2) is 0 Å². The molecular formula is C24H18N6. The molecule has 2 N–H and O–H groups in total. The van der Waals surface area contributed by atoms with Crippen LogP contribution in [0.3, 0.4) is 0 Å². The summed E-state index contributed by atoms with van der Waals surface area (Å²) < 4.78 is 0. The Morgan fingerprint density at radius 3 is 2.77 bits per heavy atom. The van der Waals surface area contributed by atoms with E-state index in [9.17, 15) is 5.26 Å². The van der Waals surface area contributed by atoms with Crippen molar-refractivity contribution in [2.24, 2.45) is 0 Å². The summed E-state index contributed by atoms with van der Waals surface area (Å²) in [5.41, 5.74) is 6.12. The molecule has 0 radical (unpaired) electrons. The van der Waals surface area contributed by atoms with Crippen molar-refractivity contribution in [1.29, 1.82) is 5.26 Å². The molecule has 0 amide bonds. The molecule has 0 saturated carbocycles. The Morgan fingerprint density at radius 1 is 1.00 bits per heavy atom. The monoisotopic (exact) mass is 390 g/mol. The Morgan fingerprint density at radius 2 is 1.90 bits per heavy atom. The number of pyridine rings is 2. The third kappa shape index (κ3) is 3.23. The molecule has 2 aromatic carbocycles. The van der Waals surface area contributed by atoms with Gasteiger partial charge in [0.05, 0.1) is 28.5 Å². The average molecular weight is 390 g/mol. The molecular weight excluding hydrogens is 372 g/mol. The number of fused-ring (bicyclic) bond motifs is 2. The Kier molecular flexibility index (Phi) is 4.54. The van der Waals surface area contributed by atoms with Crippen molar-refractivity contribution in [3.63, 3.8) is 0 Å². The minimum absolute atomic E-state index is 0.531. The molecule has 5 aromatic rings. The van der Waals surface area contributed by atoms with E-state index in [0.717, 1.165) is 51.7 Å². The van der Waals surface area contributed by atoms with Crippen molar-refractivity contribution in [2.75, 3.05) is 11.9 Å². The highest BCUT2D eigenvalue weighted by molar-refractivity contribution is 5.99. The van der Waals surface area contributed by atoms with Crippen LogP contribution >= 0.6 is 0 Å². The van der Waals surface area contributed by atoms with Crippen LogP contribution in [-0.2, 0) is 6.42 Å². The van der Waals surface area contributed by atoms with E-state index >= 15 is 0 Å². The molecule has 0 fully saturated rings. The maximum Gasteiger partial charge on any atom is 0.103 e. The number of aromatic nitrogens is 4. The number of nitrogens with one attached hydrogen (secondary N) is 2. The summed E-state index contributed by atoms with van der Waals surface area (Å²) in [6.07, 6.45) is 6.02. The van der Waals surface area contributed by atoms with Crippen LogP contribution in [0.2, 0.25) is 0 Å². The quantitative estimate of drug-likeness (QED) is 0.454. The van der Waals surface area contributed by atoms with Gasteiger partial charge in [-0.2, -0.15) is 10.4 Å². The number of hydrogen-bond donors (Lipinski definition) is 2. The van der Waals surface area contributed by atoms with Crippen LogP contribution < -0.4 is 5.32 Å². The number of rotatable bonds is 5. The number of anilines is 1. The largest absolute Gasteiger partial charge is 0.383 e. The van der Waals surface area contributed by atoms with Crippen LogP contribution in [-0.4, -0.2) is 26.7 Å². The second-order valence-electron chi connectivity index (χ2n) is 7.05. The Bertz CT molecular complexity index is 1380. The first-order chi connectivity index (χ1) is 14.8. The lowest BCUT2D eigenvalue weighted by molar-refractivity contribution is 1.02. The minimum atomic E-state index is 0.531. The highest BCUT2D eigenvalue weighted by Gasteiger charge is 2.13. The second-order valence-corrected chi connectivity index (χ2v) is 7.05. The predicted molar refractivity (Wildman–Crippen MR) is 118 cm³/mol. The molecule has 3 aromatic heterocycles. The van der Waals surface area contributed by atoms with Crippen molar-refractivity contribution in [3.8, 4) is 17.3 Å². The van der Waals surface area contributed by atoms with E-state index in [2.05, 4.69) is 43.7 Å². The third-order valence-electron chi connectivity index (χ3n) is 5.18. The lowest BCUT2D eigenvalue weighted by Gasteiger charge is -2.12. The van der Waals surface area contributed by atoms with Crippen LogP contribution in [0.15, 0.2) is 73.2 Å². The maximum absolute atomic E-state index is 9.63. The van der Waals surface area contributed by atoms with E-state index in [1.165, 1.54) is 5.56 Å². The molecule has 0 unspecified atom stereocenters. The van der Waals surface area contributed by atoms with Gasteiger partial charge in [-0.1, -0.05) is 36.4 Å². The molecule has 0 saturated heterocycles. The summed E-state index contributed by atoms with van der Waals surface area (Å²) in [6, 6.07) is 20.5. The zero-order valence-corrected chi connectivity index (χ0v) is 16.1. The van der Waals surface area contributed by atoms with E-state index < -0.39 is 0 Å². The highest BCUT2D eigenvalue weighted by Crippen LogP contribution is 2.32. The molecule has 5 rings (SSSR count). The highest BCUT2D eigenvalue weighted by atomic mass is 15.1. The summed E-state index contributed by atoms with van der Waals surface area (Å²) in [7, 11) is 0. The second kappa shape index (κ2) is 7.64. The molecule has 0 spiro atoms. The van der Waals surface area contributed by atoms with E-state index in [-0.39, 0.29) is 0 Å². The van der Waals surface area contributed by atoms with Crippen molar-refractivity contribution < 1.29 is 0 Å². The number of hydrogen-bond acceptors (Lipinski definition) is 5. The third-order valence-corrected chi connectivity index (χ3v) is 5.18. The number of benzene rings is 2. The van der Waals surface area contributed by atoms with E-state index in [1.54, 1.807) is 18.6 Å². The fourth-order valence-corrected chi connectivity index (χ4v) is 3.68. The number of H-pyrrole nitrogens is 1. The van der Waals surface area contributed by atoms with Gasteiger partial charge in [0.15, 0.2) is 0 Å². The van der Waals surface area contributed by atoms with Gasteiger partial charge in [0.25, 0.3) is 0 Å². The molecule has 3 heterocycles. The number of nitriles is 1. The molecule has 6 nitrogen and oxygen atoms in total. The van der Waals surface area contributed by atoms with Gasteiger partial charge in [0.1, 0.15) is 11.8 Å². The van der Waals surface area contributed by atoms with Crippen molar-refractivity contribution in [3.05, 3.63) is 84.3 Å². The minimum Gasteiger partial charge on any atom is -0.383 e. The molecule has 0 atom stereocenters. The van der Waals surface area contributed by atoms with Crippen molar-refractivity contribution >= 4 is 27.5 Å². The van der Waals surface area contributed by atoms with Gasteiger partial charge in [-0.15, -0.1) is 0 Å². The van der Waals surface area contributed by atoms with E-state index in [0.29, 0.717) is 5.56 Å². The van der Waals surface area contributed by atoms with Gasteiger partial charge in [0, 0.05) is 35.3 Å².